The van der Waals surface area contributed by atoms with Crippen LogP contribution in [0.25, 0.3) is 0 Å². The summed E-state index contributed by atoms with van der Waals surface area (Å²) in [7, 11) is 4.79. The highest BCUT2D eigenvalue weighted by atomic mass is 15.3. The van der Waals surface area contributed by atoms with Gasteiger partial charge in [0.25, 0.3) is 0 Å². The highest BCUT2D eigenvalue weighted by molar-refractivity contribution is 4.44. The zero-order chi connectivity index (χ0) is 12.3. The number of unbranched alkanes of at least 4 members (excludes halogenated alkanes) is 7. The molecule has 0 N–H and O–H groups in total. The summed E-state index contributed by atoms with van der Waals surface area (Å²) in [6.07, 6.45) is 12.7. The van der Waals surface area contributed by atoms with E-state index in [1.54, 1.807) is 0 Å². The van der Waals surface area contributed by atoms with E-state index in [1.165, 1.54) is 75.4 Å². The van der Waals surface area contributed by atoms with E-state index in [0.29, 0.717) is 0 Å². The van der Waals surface area contributed by atoms with Gasteiger partial charge in [-0.15, -0.1) is 0 Å². The summed E-state index contributed by atoms with van der Waals surface area (Å²) < 4.78 is 1.23. The molecule has 0 aromatic rings. The molecular formula is C15H34N+. The van der Waals surface area contributed by atoms with Crippen LogP contribution in [0.5, 0.6) is 0 Å². The maximum atomic E-state index is 2.39. The Labute approximate surface area is 104 Å². The highest BCUT2D eigenvalue weighted by Crippen LogP contribution is 2.09. The van der Waals surface area contributed by atoms with Crippen molar-refractivity contribution < 1.29 is 4.48 Å². The minimum Gasteiger partial charge on any atom is -0.328 e. The van der Waals surface area contributed by atoms with Crippen LogP contribution in [0.3, 0.4) is 0 Å². The molecule has 98 valence electrons. The van der Waals surface area contributed by atoms with E-state index in [2.05, 4.69) is 27.9 Å². The molecule has 0 aliphatic heterocycles. The van der Waals surface area contributed by atoms with Crippen LogP contribution in [0.2, 0.25) is 0 Å². The van der Waals surface area contributed by atoms with Gasteiger partial charge < -0.3 is 4.48 Å². The van der Waals surface area contributed by atoms with Crippen LogP contribution in [-0.4, -0.2) is 31.7 Å². The monoisotopic (exact) mass is 228 g/mol. The van der Waals surface area contributed by atoms with Gasteiger partial charge in [0.1, 0.15) is 0 Å². The van der Waals surface area contributed by atoms with Crippen molar-refractivity contribution in [3.8, 4) is 0 Å². The quantitative estimate of drug-likeness (QED) is 0.358. The lowest BCUT2D eigenvalue weighted by atomic mass is 10.1. The molecule has 0 unspecified atom stereocenters. The predicted octanol–water partition coefficient (Wildman–Crippen LogP) is 4.61. The molecule has 0 amide bonds. The summed E-state index contributed by atoms with van der Waals surface area (Å²) in [5.74, 6) is 0. The van der Waals surface area contributed by atoms with Crippen LogP contribution in [0, 0.1) is 0 Å². The van der Waals surface area contributed by atoms with E-state index in [1.807, 2.05) is 0 Å². The number of hydrogen-bond donors (Lipinski definition) is 0. The first-order valence-corrected chi connectivity index (χ1v) is 7.44. The van der Waals surface area contributed by atoms with Crippen LogP contribution in [0.1, 0.15) is 71.6 Å². The number of quaternary nitrogens is 1. The summed E-state index contributed by atoms with van der Waals surface area (Å²) in [4.78, 5) is 0. The molecule has 16 heavy (non-hydrogen) atoms. The second kappa shape index (κ2) is 10.1. The largest absolute Gasteiger partial charge is 0.328 e. The molecule has 0 aromatic carbocycles. The molecular weight excluding hydrogens is 194 g/mol. The Bertz CT molecular complexity index is 140. The average molecular weight is 228 g/mol. The van der Waals surface area contributed by atoms with Crippen molar-refractivity contribution in [1.82, 2.24) is 0 Å². The molecule has 1 heteroatoms. The standard InChI is InChI=1S/C15H34N/c1-5-7-9-11-13-15-16(3,4)14-12-10-8-6-2/h5-15H2,1-4H3/q+1. The third-order valence-electron chi connectivity index (χ3n) is 3.48. The second-order valence-corrected chi connectivity index (χ2v) is 5.86. The van der Waals surface area contributed by atoms with E-state index in [4.69, 9.17) is 0 Å². The van der Waals surface area contributed by atoms with Crippen molar-refractivity contribution in [1.29, 1.82) is 0 Å². The molecule has 0 spiro atoms. The van der Waals surface area contributed by atoms with Gasteiger partial charge in [0.05, 0.1) is 27.2 Å². The Morgan fingerprint density at radius 1 is 0.562 bits per heavy atom. The first-order valence-electron chi connectivity index (χ1n) is 7.44. The average Bonchev–Trinajstić information content (AvgIpc) is 2.24. The lowest BCUT2D eigenvalue weighted by Gasteiger charge is -2.30. The summed E-state index contributed by atoms with van der Waals surface area (Å²) >= 11 is 0. The Hall–Kier alpha value is -0.0400. The fourth-order valence-electron chi connectivity index (χ4n) is 2.22. The van der Waals surface area contributed by atoms with Gasteiger partial charge in [0.2, 0.25) is 0 Å². The van der Waals surface area contributed by atoms with Crippen LogP contribution >= 0.6 is 0 Å². The first kappa shape index (κ1) is 16.0. The minimum atomic E-state index is 1.23. The predicted molar refractivity (Wildman–Crippen MR) is 74.7 cm³/mol. The zero-order valence-electron chi connectivity index (χ0n) is 12.2. The lowest BCUT2D eigenvalue weighted by molar-refractivity contribution is -0.890. The molecule has 0 heterocycles. The van der Waals surface area contributed by atoms with Crippen molar-refractivity contribution in [3.63, 3.8) is 0 Å². The van der Waals surface area contributed by atoms with Gasteiger partial charge in [-0.25, -0.2) is 0 Å². The Morgan fingerprint density at radius 2 is 0.938 bits per heavy atom. The van der Waals surface area contributed by atoms with Crippen LogP contribution < -0.4 is 0 Å². The topological polar surface area (TPSA) is 0 Å². The van der Waals surface area contributed by atoms with E-state index in [9.17, 15) is 0 Å². The molecule has 0 fully saturated rings. The molecule has 0 saturated heterocycles. The van der Waals surface area contributed by atoms with E-state index >= 15 is 0 Å². The van der Waals surface area contributed by atoms with Crippen molar-refractivity contribution in [2.75, 3.05) is 27.2 Å². The number of rotatable bonds is 11. The Morgan fingerprint density at radius 3 is 1.38 bits per heavy atom. The number of nitrogens with zero attached hydrogens (tertiary/aromatic N) is 1. The third kappa shape index (κ3) is 10.5. The molecule has 0 aromatic heterocycles. The smallest absolute Gasteiger partial charge is 0.0782 e. The van der Waals surface area contributed by atoms with E-state index < -0.39 is 0 Å². The Balaban J connectivity index is 3.38. The second-order valence-electron chi connectivity index (χ2n) is 5.86. The van der Waals surface area contributed by atoms with Crippen molar-refractivity contribution in [2.24, 2.45) is 0 Å². The van der Waals surface area contributed by atoms with Crippen LogP contribution in [0.15, 0.2) is 0 Å². The SMILES string of the molecule is CCCCCCC[N+](C)(C)CCCCCC. The molecule has 0 rings (SSSR count). The first-order chi connectivity index (χ1) is 7.62. The van der Waals surface area contributed by atoms with Gasteiger partial charge in [-0.2, -0.15) is 0 Å². The Kier molecular flexibility index (Phi) is 10.1. The summed E-state index contributed by atoms with van der Waals surface area (Å²) in [5, 5.41) is 0. The molecule has 0 atom stereocenters. The normalized spacial score (nSPS) is 12.0. The summed E-state index contributed by atoms with van der Waals surface area (Å²) in [5.41, 5.74) is 0. The van der Waals surface area contributed by atoms with Gasteiger partial charge >= 0.3 is 0 Å². The maximum absolute atomic E-state index is 2.39. The van der Waals surface area contributed by atoms with Gasteiger partial charge in [0.15, 0.2) is 0 Å². The molecule has 1 nitrogen and oxygen atoms in total. The van der Waals surface area contributed by atoms with Crippen molar-refractivity contribution in [3.05, 3.63) is 0 Å². The van der Waals surface area contributed by atoms with Gasteiger partial charge in [-0.1, -0.05) is 46.0 Å². The van der Waals surface area contributed by atoms with Gasteiger partial charge in [-0.05, 0) is 25.7 Å². The summed E-state index contributed by atoms with van der Waals surface area (Å²) in [6.45, 7) is 7.31. The fraction of sp³-hybridized carbons (Fsp3) is 1.00. The van der Waals surface area contributed by atoms with E-state index in [-0.39, 0.29) is 0 Å². The maximum Gasteiger partial charge on any atom is 0.0782 e. The van der Waals surface area contributed by atoms with Crippen LogP contribution in [0.4, 0.5) is 0 Å². The van der Waals surface area contributed by atoms with Crippen LogP contribution in [-0.2, 0) is 0 Å². The van der Waals surface area contributed by atoms with Gasteiger partial charge in [0, 0.05) is 0 Å². The van der Waals surface area contributed by atoms with Crippen molar-refractivity contribution >= 4 is 0 Å². The molecule has 0 bridgehead atoms. The fourth-order valence-corrected chi connectivity index (χ4v) is 2.22. The zero-order valence-corrected chi connectivity index (χ0v) is 12.2. The lowest BCUT2D eigenvalue weighted by Crippen LogP contribution is -2.41. The molecule has 0 aliphatic rings. The molecule has 0 radical (unpaired) electrons. The van der Waals surface area contributed by atoms with Gasteiger partial charge in [-0.3, -0.25) is 0 Å². The highest BCUT2D eigenvalue weighted by Gasteiger charge is 2.13. The van der Waals surface area contributed by atoms with E-state index in [0.717, 1.165) is 0 Å². The summed E-state index contributed by atoms with van der Waals surface area (Å²) in [6, 6.07) is 0. The minimum absolute atomic E-state index is 1.23. The molecule has 0 saturated carbocycles. The van der Waals surface area contributed by atoms with Crippen molar-refractivity contribution in [2.45, 2.75) is 71.6 Å². The third-order valence-corrected chi connectivity index (χ3v) is 3.48. The number of hydrogen-bond acceptors (Lipinski definition) is 0. The molecule has 0 aliphatic carbocycles.